The molecule has 2 rings (SSSR count). The molecule has 15 heavy (non-hydrogen) atoms. The first-order valence-corrected chi connectivity index (χ1v) is 5.35. The molecule has 2 aromatic heterocycles. The molecule has 0 saturated carbocycles. The molecular weight excluding hydrogens is 186 g/mol. The summed E-state index contributed by atoms with van der Waals surface area (Å²) in [5.41, 5.74) is 8.28. The van der Waals surface area contributed by atoms with Crippen molar-refractivity contribution < 1.29 is 0 Å². The Labute approximate surface area is 89.7 Å². The lowest BCUT2D eigenvalue weighted by Crippen LogP contribution is -2.28. The Hall–Kier alpha value is -1.35. The normalized spacial score (nSPS) is 13.6. The summed E-state index contributed by atoms with van der Waals surface area (Å²) in [6.07, 6.45) is 4.72. The van der Waals surface area contributed by atoms with Crippen molar-refractivity contribution in [3.05, 3.63) is 30.1 Å². The average Bonchev–Trinajstić information content (AvgIpc) is 2.62. The predicted molar refractivity (Wildman–Crippen MR) is 62.6 cm³/mol. The maximum atomic E-state index is 6.06. The maximum absolute atomic E-state index is 6.06. The lowest BCUT2D eigenvalue weighted by Gasteiger charge is -2.14. The minimum atomic E-state index is 0.212. The molecule has 0 aliphatic heterocycles. The molecule has 0 spiro atoms. The molecule has 0 bridgehead atoms. The molecule has 2 heterocycles. The second kappa shape index (κ2) is 4.03. The molecule has 2 aromatic rings. The molecular formula is C12H17N3. The van der Waals surface area contributed by atoms with Gasteiger partial charge in [-0.1, -0.05) is 13.8 Å². The van der Waals surface area contributed by atoms with Gasteiger partial charge in [-0.25, -0.2) is 4.98 Å². The van der Waals surface area contributed by atoms with Crippen LogP contribution in [0, 0.1) is 5.92 Å². The number of hydrogen-bond donors (Lipinski definition) is 2. The molecule has 80 valence electrons. The van der Waals surface area contributed by atoms with E-state index in [0.29, 0.717) is 5.92 Å². The molecule has 0 radical (unpaired) electrons. The number of H-pyrrole nitrogens is 1. The van der Waals surface area contributed by atoms with Gasteiger partial charge < -0.3 is 10.7 Å². The summed E-state index contributed by atoms with van der Waals surface area (Å²) in [5.74, 6) is 0.506. The van der Waals surface area contributed by atoms with E-state index in [0.717, 1.165) is 12.1 Å². The highest BCUT2D eigenvalue weighted by molar-refractivity contribution is 5.79. The van der Waals surface area contributed by atoms with E-state index in [9.17, 15) is 0 Å². The zero-order valence-electron chi connectivity index (χ0n) is 9.20. The standard InChI is InChI=1S/C12H17N3/c1-8(2)11(13)6-9-7-15-12-10(9)4-3-5-14-12/h3-5,7-8,11H,6,13H2,1-2H3,(H,14,15). The van der Waals surface area contributed by atoms with E-state index in [1.165, 1.54) is 10.9 Å². The number of pyridine rings is 1. The Balaban J connectivity index is 2.29. The summed E-state index contributed by atoms with van der Waals surface area (Å²) in [5, 5.41) is 1.19. The maximum Gasteiger partial charge on any atom is 0.137 e. The minimum absolute atomic E-state index is 0.212. The number of nitrogens with zero attached hydrogens (tertiary/aromatic N) is 1. The van der Waals surface area contributed by atoms with Gasteiger partial charge in [0.25, 0.3) is 0 Å². The molecule has 0 aromatic carbocycles. The third kappa shape index (κ3) is 2.02. The summed E-state index contributed by atoms with van der Waals surface area (Å²) >= 11 is 0. The zero-order valence-corrected chi connectivity index (χ0v) is 9.20. The van der Waals surface area contributed by atoms with Gasteiger partial charge in [-0.15, -0.1) is 0 Å². The highest BCUT2D eigenvalue weighted by Gasteiger charge is 2.11. The molecule has 0 saturated heterocycles. The monoisotopic (exact) mass is 203 g/mol. The Kier molecular flexibility index (Phi) is 2.73. The van der Waals surface area contributed by atoms with Crippen LogP contribution in [0.1, 0.15) is 19.4 Å². The van der Waals surface area contributed by atoms with Gasteiger partial charge in [0, 0.05) is 23.8 Å². The molecule has 1 atom stereocenters. The Morgan fingerprint density at radius 3 is 3.00 bits per heavy atom. The van der Waals surface area contributed by atoms with Gasteiger partial charge in [-0.3, -0.25) is 0 Å². The second-order valence-corrected chi connectivity index (χ2v) is 4.33. The number of rotatable bonds is 3. The van der Waals surface area contributed by atoms with Gasteiger partial charge in [0.05, 0.1) is 0 Å². The molecule has 3 N–H and O–H groups in total. The van der Waals surface area contributed by atoms with Crippen LogP contribution < -0.4 is 5.73 Å². The van der Waals surface area contributed by atoms with Crippen LogP contribution in [0.5, 0.6) is 0 Å². The summed E-state index contributed by atoms with van der Waals surface area (Å²) in [6.45, 7) is 4.30. The molecule has 1 unspecified atom stereocenters. The van der Waals surface area contributed by atoms with Gasteiger partial charge in [0.2, 0.25) is 0 Å². The number of fused-ring (bicyclic) bond motifs is 1. The molecule has 0 aliphatic carbocycles. The van der Waals surface area contributed by atoms with E-state index in [1.54, 1.807) is 6.20 Å². The fraction of sp³-hybridized carbons (Fsp3) is 0.417. The Bertz CT molecular complexity index is 445. The van der Waals surface area contributed by atoms with E-state index in [1.807, 2.05) is 12.3 Å². The van der Waals surface area contributed by atoms with Crippen LogP contribution in [0.3, 0.4) is 0 Å². The first kappa shape index (κ1) is 10.2. The Morgan fingerprint density at radius 1 is 1.47 bits per heavy atom. The van der Waals surface area contributed by atoms with Gasteiger partial charge in [-0.2, -0.15) is 0 Å². The van der Waals surface area contributed by atoms with E-state index < -0.39 is 0 Å². The van der Waals surface area contributed by atoms with E-state index in [-0.39, 0.29) is 6.04 Å². The van der Waals surface area contributed by atoms with E-state index in [2.05, 4.69) is 29.9 Å². The molecule has 0 fully saturated rings. The van der Waals surface area contributed by atoms with Crippen LogP contribution in [-0.2, 0) is 6.42 Å². The first-order chi connectivity index (χ1) is 7.18. The topological polar surface area (TPSA) is 54.7 Å². The summed E-state index contributed by atoms with van der Waals surface area (Å²) in [4.78, 5) is 7.42. The van der Waals surface area contributed by atoms with Crippen LogP contribution in [0.15, 0.2) is 24.5 Å². The highest BCUT2D eigenvalue weighted by Crippen LogP contribution is 2.18. The molecule has 0 amide bonds. The van der Waals surface area contributed by atoms with E-state index in [4.69, 9.17) is 5.73 Å². The number of nitrogens with one attached hydrogen (secondary N) is 1. The van der Waals surface area contributed by atoms with Crippen molar-refractivity contribution in [2.45, 2.75) is 26.3 Å². The van der Waals surface area contributed by atoms with Gasteiger partial charge in [0.15, 0.2) is 0 Å². The quantitative estimate of drug-likeness (QED) is 0.802. The van der Waals surface area contributed by atoms with Gasteiger partial charge in [0.1, 0.15) is 5.65 Å². The second-order valence-electron chi connectivity index (χ2n) is 4.33. The minimum Gasteiger partial charge on any atom is -0.346 e. The number of aromatic nitrogens is 2. The fourth-order valence-electron chi connectivity index (χ4n) is 1.67. The lowest BCUT2D eigenvalue weighted by molar-refractivity contribution is 0.491. The summed E-state index contributed by atoms with van der Waals surface area (Å²) in [6, 6.07) is 4.26. The first-order valence-electron chi connectivity index (χ1n) is 5.35. The number of nitrogens with two attached hydrogens (primary N) is 1. The smallest absolute Gasteiger partial charge is 0.137 e. The fourth-order valence-corrected chi connectivity index (χ4v) is 1.67. The van der Waals surface area contributed by atoms with Crippen LogP contribution in [0.25, 0.3) is 11.0 Å². The third-order valence-electron chi connectivity index (χ3n) is 2.85. The van der Waals surface area contributed by atoms with Crippen molar-refractivity contribution in [2.24, 2.45) is 11.7 Å². The molecule has 3 heteroatoms. The largest absolute Gasteiger partial charge is 0.346 e. The van der Waals surface area contributed by atoms with Gasteiger partial charge >= 0.3 is 0 Å². The zero-order chi connectivity index (χ0) is 10.8. The highest BCUT2D eigenvalue weighted by atomic mass is 14.8. The molecule has 3 nitrogen and oxygen atoms in total. The predicted octanol–water partition coefficient (Wildman–Crippen LogP) is 2.09. The Morgan fingerprint density at radius 2 is 2.27 bits per heavy atom. The summed E-state index contributed by atoms with van der Waals surface area (Å²) < 4.78 is 0. The number of aromatic amines is 1. The lowest BCUT2D eigenvalue weighted by atomic mass is 9.97. The van der Waals surface area contributed by atoms with Crippen molar-refractivity contribution in [2.75, 3.05) is 0 Å². The average molecular weight is 203 g/mol. The van der Waals surface area contributed by atoms with Crippen molar-refractivity contribution in [1.29, 1.82) is 0 Å². The van der Waals surface area contributed by atoms with Crippen molar-refractivity contribution in [3.8, 4) is 0 Å². The van der Waals surface area contributed by atoms with Crippen molar-refractivity contribution in [1.82, 2.24) is 9.97 Å². The van der Waals surface area contributed by atoms with Crippen LogP contribution in [0.4, 0.5) is 0 Å². The molecule has 0 aliphatic rings. The van der Waals surface area contributed by atoms with Crippen LogP contribution in [-0.4, -0.2) is 16.0 Å². The van der Waals surface area contributed by atoms with E-state index >= 15 is 0 Å². The summed E-state index contributed by atoms with van der Waals surface area (Å²) in [7, 11) is 0. The van der Waals surface area contributed by atoms with Crippen molar-refractivity contribution >= 4 is 11.0 Å². The number of hydrogen-bond acceptors (Lipinski definition) is 2. The SMILES string of the molecule is CC(C)C(N)Cc1c[nH]c2ncccc12. The third-order valence-corrected chi connectivity index (χ3v) is 2.85. The van der Waals surface area contributed by atoms with Gasteiger partial charge in [-0.05, 0) is 30.0 Å². The van der Waals surface area contributed by atoms with Crippen molar-refractivity contribution in [3.63, 3.8) is 0 Å². The van der Waals surface area contributed by atoms with Crippen LogP contribution in [0.2, 0.25) is 0 Å². The van der Waals surface area contributed by atoms with Crippen LogP contribution >= 0.6 is 0 Å².